The van der Waals surface area contributed by atoms with Gasteiger partial charge in [-0.3, -0.25) is 14.5 Å². The van der Waals surface area contributed by atoms with Crippen LogP contribution in [-0.4, -0.2) is 55.6 Å². The third kappa shape index (κ3) is 5.53. The Bertz CT molecular complexity index is 565. The molecule has 2 aliphatic heterocycles. The highest BCUT2D eigenvalue weighted by molar-refractivity contribution is 7.07. The average molecular weight is 380 g/mol. The second kappa shape index (κ2) is 10.0. The summed E-state index contributed by atoms with van der Waals surface area (Å²) in [5.74, 6) is -1.13. The molecular weight excluding hydrogens is 350 g/mol. The number of nitrogens with zero attached hydrogens (tertiary/aromatic N) is 1. The van der Waals surface area contributed by atoms with Crippen LogP contribution in [0.3, 0.4) is 0 Å². The summed E-state index contributed by atoms with van der Waals surface area (Å²) in [5.41, 5.74) is 1.22. The summed E-state index contributed by atoms with van der Waals surface area (Å²) in [7, 11) is 0. The number of carbonyl (C=O) groups excluding carboxylic acids is 2. The van der Waals surface area contributed by atoms with Gasteiger partial charge in [0.1, 0.15) is 0 Å². The topological polar surface area (TPSA) is 70.7 Å². The minimum atomic E-state index is -0.569. The highest BCUT2D eigenvalue weighted by Gasteiger charge is 2.24. The van der Waals surface area contributed by atoms with E-state index in [0.29, 0.717) is 13.1 Å². The molecule has 0 radical (unpaired) electrons. The summed E-state index contributed by atoms with van der Waals surface area (Å²) in [6.07, 6.45) is 6.92. The lowest BCUT2D eigenvalue weighted by Gasteiger charge is -2.30. The van der Waals surface area contributed by atoms with E-state index in [2.05, 4.69) is 32.4 Å². The molecule has 3 heterocycles. The van der Waals surface area contributed by atoms with Crippen LogP contribution in [0.25, 0.3) is 0 Å². The number of nitrogens with one attached hydrogen (secondary N) is 2. The van der Waals surface area contributed by atoms with Crippen LogP contribution in [0, 0.1) is 0 Å². The van der Waals surface area contributed by atoms with E-state index in [1.54, 1.807) is 11.3 Å². The van der Waals surface area contributed by atoms with E-state index >= 15 is 0 Å². The molecule has 0 spiro atoms. The lowest BCUT2D eigenvalue weighted by molar-refractivity contribution is -0.139. The average Bonchev–Trinajstić information content (AvgIpc) is 3.30. The van der Waals surface area contributed by atoms with Gasteiger partial charge in [-0.15, -0.1) is 0 Å². The van der Waals surface area contributed by atoms with E-state index in [9.17, 15) is 9.59 Å². The second-order valence-electron chi connectivity index (χ2n) is 7.08. The highest BCUT2D eigenvalue weighted by atomic mass is 32.1. The first kappa shape index (κ1) is 19.3. The maximum atomic E-state index is 12.2. The number of amides is 2. The molecule has 2 saturated heterocycles. The third-order valence-electron chi connectivity index (χ3n) is 5.19. The smallest absolute Gasteiger partial charge is 0.309 e. The summed E-state index contributed by atoms with van der Waals surface area (Å²) in [5, 5.41) is 9.72. The largest absolute Gasteiger partial charge is 0.376 e. The van der Waals surface area contributed by atoms with Crippen molar-refractivity contribution in [2.24, 2.45) is 0 Å². The number of likely N-dealkylation sites (tertiary alicyclic amines) is 1. The lowest BCUT2D eigenvalue weighted by atomic mass is 10.1. The Labute approximate surface area is 159 Å². The van der Waals surface area contributed by atoms with E-state index in [1.165, 1.54) is 31.2 Å². The van der Waals surface area contributed by atoms with Gasteiger partial charge in [-0.1, -0.05) is 12.8 Å². The Morgan fingerprint density at radius 3 is 2.58 bits per heavy atom. The zero-order valence-corrected chi connectivity index (χ0v) is 16.1. The van der Waals surface area contributed by atoms with Crippen molar-refractivity contribution >= 4 is 23.2 Å². The van der Waals surface area contributed by atoms with Crippen LogP contribution in [0.1, 0.15) is 50.1 Å². The molecule has 0 bridgehead atoms. The molecule has 1 aromatic heterocycles. The van der Waals surface area contributed by atoms with E-state index < -0.39 is 11.8 Å². The maximum Gasteiger partial charge on any atom is 0.309 e. The number of thiophene rings is 1. The van der Waals surface area contributed by atoms with Crippen LogP contribution in [-0.2, 0) is 14.3 Å². The summed E-state index contributed by atoms with van der Waals surface area (Å²) in [4.78, 5) is 26.7. The SMILES string of the molecule is O=C(NCC1CCCO1)C(=O)NCC(c1ccsc1)N1CCCCCC1. The Morgan fingerprint density at radius 1 is 1.15 bits per heavy atom. The number of rotatable bonds is 6. The van der Waals surface area contributed by atoms with Gasteiger partial charge in [0, 0.05) is 19.7 Å². The van der Waals surface area contributed by atoms with Gasteiger partial charge < -0.3 is 15.4 Å². The van der Waals surface area contributed by atoms with Crippen LogP contribution in [0.15, 0.2) is 16.8 Å². The standard InChI is InChI=1S/C19H29N3O3S/c23-18(20-12-16-6-5-10-25-16)19(24)21-13-17(15-7-11-26-14-15)22-8-3-1-2-4-9-22/h7,11,14,16-17H,1-6,8-10,12-13H2,(H,20,23)(H,21,24). The van der Waals surface area contributed by atoms with Crippen LogP contribution in [0.5, 0.6) is 0 Å². The molecule has 2 amide bonds. The normalized spacial score (nSPS) is 22.5. The zero-order chi connectivity index (χ0) is 18.2. The molecule has 1 aromatic rings. The predicted molar refractivity (Wildman–Crippen MR) is 102 cm³/mol. The molecule has 6 nitrogen and oxygen atoms in total. The molecule has 3 rings (SSSR count). The molecule has 2 atom stereocenters. The number of ether oxygens (including phenoxy) is 1. The molecule has 2 fully saturated rings. The summed E-state index contributed by atoms with van der Waals surface area (Å²) in [6, 6.07) is 2.25. The first-order chi connectivity index (χ1) is 12.7. The minimum absolute atomic E-state index is 0.0439. The van der Waals surface area contributed by atoms with Gasteiger partial charge in [-0.25, -0.2) is 0 Å². The van der Waals surface area contributed by atoms with Crippen molar-refractivity contribution in [1.82, 2.24) is 15.5 Å². The third-order valence-corrected chi connectivity index (χ3v) is 5.89. The van der Waals surface area contributed by atoms with Gasteiger partial charge in [-0.2, -0.15) is 11.3 Å². The predicted octanol–water partition coefficient (Wildman–Crippen LogP) is 2.08. The Morgan fingerprint density at radius 2 is 1.92 bits per heavy atom. The molecule has 26 heavy (non-hydrogen) atoms. The van der Waals surface area contributed by atoms with Gasteiger partial charge >= 0.3 is 11.8 Å². The summed E-state index contributed by atoms with van der Waals surface area (Å²) < 4.78 is 5.47. The van der Waals surface area contributed by atoms with E-state index in [1.807, 2.05) is 0 Å². The van der Waals surface area contributed by atoms with Crippen molar-refractivity contribution in [3.05, 3.63) is 22.4 Å². The fourth-order valence-electron chi connectivity index (χ4n) is 3.69. The van der Waals surface area contributed by atoms with E-state index in [0.717, 1.165) is 32.5 Å². The van der Waals surface area contributed by atoms with Crippen molar-refractivity contribution in [2.45, 2.75) is 50.7 Å². The molecule has 0 aromatic carbocycles. The minimum Gasteiger partial charge on any atom is -0.376 e. The van der Waals surface area contributed by atoms with Crippen LogP contribution in [0.4, 0.5) is 0 Å². The van der Waals surface area contributed by atoms with Crippen molar-refractivity contribution < 1.29 is 14.3 Å². The first-order valence-electron chi connectivity index (χ1n) is 9.68. The monoisotopic (exact) mass is 379 g/mol. The number of hydrogen-bond donors (Lipinski definition) is 2. The Balaban J connectivity index is 1.51. The lowest BCUT2D eigenvalue weighted by Crippen LogP contribution is -2.45. The van der Waals surface area contributed by atoms with E-state index in [4.69, 9.17) is 4.74 Å². The Kier molecular flexibility index (Phi) is 7.46. The van der Waals surface area contributed by atoms with Gasteiger partial charge in [-0.05, 0) is 61.2 Å². The van der Waals surface area contributed by atoms with Gasteiger partial charge in [0.15, 0.2) is 0 Å². The van der Waals surface area contributed by atoms with Crippen molar-refractivity contribution in [3.63, 3.8) is 0 Å². The zero-order valence-electron chi connectivity index (χ0n) is 15.2. The number of hydrogen-bond acceptors (Lipinski definition) is 5. The Hall–Kier alpha value is -1.44. The molecular formula is C19H29N3O3S. The quantitative estimate of drug-likeness (QED) is 0.743. The fraction of sp³-hybridized carbons (Fsp3) is 0.684. The van der Waals surface area contributed by atoms with Crippen LogP contribution < -0.4 is 10.6 Å². The van der Waals surface area contributed by atoms with Crippen LogP contribution in [0.2, 0.25) is 0 Å². The van der Waals surface area contributed by atoms with Crippen molar-refractivity contribution in [3.8, 4) is 0 Å². The molecule has 0 aliphatic carbocycles. The molecule has 2 N–H and O–H groups in total. The van der Waals surface area contributed by atoms with Gasteiger partial charge in [0.25, 0.3) is 0 Å². The van der Waals surface area contributed by atoms with Gasteiger partial charge in [0.2, 0.25) is 0 Å². The van der Waals surface area contributed by atoms with Gasteiger partial charge in [0.05, 0.1) is 12.1 Å². The first-order valence-corrected chi connectivity index (χ1v) is 10.6. The fourth-order valence-corrected chi connectivity index (χ4v) is 4.40. The molecule has 7 heteroatoms. The molecule has 2 unspecified atom stereocenters. The van der Waals surface area contributed by atoms with Crippen LogP contribution >= 0.6 is 11.3 Å². The highest BCUT2D eigenvalue weighted by Crippen LogP contribution is 2.25. The number of carbonyl (C=O) groups is 2. The molecule has 0 saturated carbocycles. The van der Waals surface area contributed by atoms with Crippen molar-refractivity contribution in [1.29, 1.82) is 0 Å². The summed E-state index contributed by atoms with van der Waals surface area (Å²) >= 11 is 1.67. The molecule has 2 aliphatic rings. The molecule has 144 valence electrons. The maximum absolute atomic E-state index is 12.2. The van der Waals surface area contributed by atoms with Crippen molar-refractivity contribution in [2.75, 3.05) is 32.8 Å². The van der Waals surface area contributed by atoms with E-state index in [-0.39, 0.29) is 12.1 Å². The second-order valence-corrected chi connectivity index (χ2v) is 7.86. The summed E-state index contributed by atoms with van der Waals surface area (Å²) in [6.45, 7) is 3.70.